The quantitative estimate of drug-likeness (QED) is 0.846. The molecule has 0 N–H and O–H groups in total. The van der Waals surface area contributed by atoms with Crippen LogP contribution in [0.5, 0.6) is 0 Å². The molecule has 2 rings (SSSR count). The largest absolute Gasteiger partial charge is 0.313 e. The van der Waals surface area contributed by atoms with E-state index in [4.69, 9.17) is 23.2 Å². The summed E-state index contributed by atoms with van der Waals surface area (Å²) in [5, 5.41) is 9.10. The lowest BCUT2D eigenvalue weighted by atomic mass is 10.2. The lowest BCUT2D eigenvalue weighted by Gasteiger charge is -2.10. The maximum absolute atomic E-state index is 6.18. The minimum atomic E-state index is 0.516. The predicted octanol–water partition coefficient (Wildman–Crippen LogP) is 3.91. The van der Waals surface area contributed by atoms with Crippen LogP contribution in [0.1, 0.15) is 13.8 Å². The molecule has 0 aliphatic rings. The van der Waals surface area contributed by atoms with Crippen molar-refractivity contribution in [2.45, 2.75) is 20.4 Å². The highest BCUT2D eigenvalue weighted by molar-refractivity contribution is 6.43. The zero-order valence-electron chi connectivity index (χ0n) is 9.69. The summed E-state index contributed by atoms with van der Waals surface area (Å²) < 4.78 is 1.99. The summed E-state index contributed by atoms with van der Waals surface area (Å²) in [5.74, 6) is 1.27. The lowest BCUT2D eigenvalue weighted by molar-refractivity contribution is 0.525. The zero-order chi connectivity index (χ0) is 12.4. The van der Waals surface area contributed by atoms with E-state index >= 15 is 0 Å². The molecule has 0 amide bonds. The minimum Gasteiger partial charge on any atom is -0.313 e. The van der Waals surface area contributed by atoms with Gasteiger partial charge in [-0.1, -0.05) is 43.1 Å². The Bertz CT molecular complexity index is 520. The SMILES string of the molecule is CC(C)Cn1cnnc1-c1cccc(Cl)c1Cl. The summed E-state index contributed by atoms with van der Waals surface area (Å²) in [5.41, 5.74) is 0.817. The Morgan fingerprint density at radius 2 is 2.06 bits per heavy atom. The van der Waals surface area contributed by atoms with Crippen LogP contribution in [0.4, 0.5) is 0 Å². The van der Waals surface area contributed by atoms with Crippen LogP contribution in [0.3, 0.4) is 0 Å². The molecule has 0 unspecified atom stereocenters. The van der Waals surface area contributed by atoms with Gasteiger partial charge in [-0.15, -0.1) is 10.2 Å². The highest BCUT2D eigenvalue weighted by Crippen LogP contribution is 2.32. The van der Waals surface area contributed by atoms with Gasteiger partial charge < -0.3 is 4.57 Å². The molecule has 90 valence electrons. The molecule has 17 heavy (non-hydrogen) atoms. The van der Waals surface area contributed by atoms with Crippen LogP contribution in [0.2, 0.25) is 10.0 Å². The van der Waals surface area contributed by atoms with Gasteiger partial charge in [0.05, 0.1) is 10.0 Å². The third kappa shape index (κ3) is 2.61. The lowest BCUT2D eigenvalue weighted by Crippen LogP contribution is -2.05. The molecule has 0 radical (unpaired) electrons. The molecule has 2 aromatic rings. The Labute approximate surface area is 110 Å². The van der Waals surface area contributed by atoms with Crippen molar-refractivity contribution in [2.24, 2.45) is 5.92 Å². The third-order valence-electron chi connectivity index (χ3n) is 2.37. The summed E-state index contributed by atoms with van der Waals surface area (Å²) in [6, 6.07) is 5.52. The first-order valence-electron chi connectivity index (χ1n) is 5.41. The van der Waals surface area contributed by atoms with E-state index in [1.807, 2.05) is 16.7 Å². The molecule has 5 heteroatoms. The van der Waals surface area contributed by atoms with Gasteiger partial charge in [0, 0.05) is 12.1 Å². The fourth-order valence-electron chi connectivity index (χ4n) is 1.67. The second-order valence-electron chi connectivity index (χ2n) is 4.30. The standard InChI is InChI=1S/C12H13Cl2N3/c1-8(2)6-17-7-15-16-12(17)9-4-3-5-10(13)11(9)14/h3-5,7-8H,6H2,1-2H3. The topological polar surface area (TPSA) is 30.7 Å². The average molecular weight is 270 g/mol. The van der Waals surface area contributed by atoms with Gasteiger partial charge in [-0.05, 0) is 18.1 Å². The molecule has 0 bridgehead atoms. The summed E-state index contributed by atoms with van der Waals surface area (Å²) in [4.78, 5) is 0. The van der Waals surface area contributed by atoms with Gasteiger partial charge in [-0.2, -0.15) is 0 Å². The Kier molecular flexibility index (Phi) is 3.69. The van der Waals surface area contributed by atoms with E-state index in [0.717, 1.165) is 17.9 Å². The zero-order valence-corrected chi connectivity index (χ0v) is 11.2. The first kappa shape index (κ1) is 12.4. The van der Waals surface area contributed by atoms with E-state index in [1.54, 1.807) is 12.4 Å². The molecule has 1 aromatic heterocycles. The van der Waals surface area contributed by atoms with Crippen LogP contribution in [-0.4, -0.2) is 14.8 Å². The van der Waals surface area contributed by atoms with Crippen molar-refractivity contribution in [3.8, 4) is 11.4 Å². The minimum absolute atomic E-state index is 0.516. The highest BCUT2D eigenvalue weighted by atomic mass is 35.5. The number of aromatic nitrogens is 3. The number of benzene rings is 1. The Morgan fingerprint density at radius 3 is 2.76 bits per heavy atom. The van der Waals surface area contributed by atoms with E-state index in [0.29, 0.717) is 16.0 Å². The Morgan fingerprint density at radius 1 is 1.29 bits per heavy atom. The highest BCUT2D eigenvalue weighted by Gasteiger charge is 2.13. The second-order valence-corrected chi connectivity index (χ2v) is 5.09. The molecule has 1 heterocycles. The van der Waals surface area contributed by atoms with Gasteiger partial charge in [-0.3, -0.25) is 0 Å². The molecule has 0 saturated heterocycles. The molecule has 0 aliphatic heterocycles. The monoisotopic (exact) mass is 269 g/mol. The molecule has 0 atom stereocenters. The molecule has 0 saturated carbocycles. The number of nitrogens with zero attached hydrogens (tertiary/aromatic N) is 3. The van der Waals surface area contributed by atoms with Crippen LogP contribution in [0.25, 0.3) is 11.4 Å². The van der Waals surface area contributed by atoms with Crippen molar-refractivity contribution >= 4 is 23.2 Å². The Hall–Kier alpha value is -1.06. The van der Waals surface area contributed by atoms with Crippen molar-refractivity contribution < 1.29 is 0 Å². The third-order valence-corrected chi connectivity index (χ3v) is 3.19. The molecular weight excluding hydrogens is 257 g/mol. The van der Waals surface area contributed by atoms with Crippen molar-refractivity contribution in [3.63, 3.8) is 0 Å². The van der Waals surface area contributed by atoms with E-state index in [2.05, 4.69) is 24.0 Å². The number of halogens is 2. The van der Waals surface area contributed by atoms with Crippen LogP contribution >= 0.6 is 23.2 Å². The molecular formula is C12H13Cl2N3. The summed E-state index contributed by atoms with van der Waals surface area (Å²) >= 11 is 12.2. The molecule has 0 spiro atoms. The van der Waals surface area contributed by atoms with Crippen molar-refractivity contribution in [3.05, 3.63) is 34.6 Å². The van der Waals surface area contributed by atoms with Gasteiger partial charge >= 0.3 is 0 Å². The predicted molar refractivity (Wildman–Crippen MR) is 70.3 cm³/mol. The van der Waals surface area contributed by atoms with Crippen LogP contribution in [0.15, 0.2) is 24.5 Å². The van der Waals surface area contributed by atoms with E-state index in [1.165, 1.54) is 0 Å². The van der Waals surface area contributed by atoms with Gasteiger partial charge in [0.25, 0.3) is 0 Å². The molecule has 0 fully saturated rings. The van der Waals surface area contributed by atoms with Crippen LogP contribution in [0, 0.1) is 5.92 Å². The maximum atomic E-state index is 6.18. The van der Waals surface area contributed by atoms with E-state index in [-0.39, 0.29) is 0 Å². The first-order valence-corrected chi connectivity index (χ1v) is 6.17. The average Bonchev–Trinajstić information content (AvgIpc) is 2.69. The van der Waals surface area contributed by atoms with Crippen molar-refractivity contribution in [1.82, 2.24) is 14.8 Å². The molecule has 0 aliphatic carbocycles. The fourth-order valence-corrected chi connectivity index (χ4v) is 2.05. The van der Waals surface area contributed by atoms with Crippen molar-refractivity contribution in [2.75, 3.05) is 0 Å². The number of hydrogen-bond acceptors (Lipinski definition) is 2. The summed E-state index contributed by atoms with van der Waals surface area (Å²) in [6.45, 7) is 5.14. The van der Waals surface area contributed by atoms with Crippen molar-refractivity contribution in [1.29, 1.82) is 0 Å². The van der Waals surface area contributed by atoms with Gasteiger partial charge in [0.1, 0.15) is 6.33 Å². The summed E-state index contributed by atoms with van der Waals surface area (Å²) in [6.07, 6.45) is 1.71. The van der Waals surface area contributed by atoms with Gasteiger partial charge in [0.2, 0.25) is 0 Å². The summed E-state index contributed by atoms with van der Waals surface area (Å²) in [7, 11) is 0. The van der Waals surface area contributed by atoms with E-state index in [9.17, 15) is 0 Å². The molecule has 3 nitrogen and oxygen atoms in total. The normalized spacial score (nSPS) is 11.1. The van der Waals surface area contributed by atoms with Crippen LogP contribution < -0.4 is 0 Å². The van der Waals surface area contributed by atoms with E-state index < -0.39 is 0 Å². The molecule has 1 aromatic carbocycles. The van der Waals surface area contributed by atoms with Gasteiger partial charge in [-0.25, -0.2) is 0 Å². The number of hydrogen-bond donors (Lipinski definition) is 0. The van der Waals surface area contributed by atoms with Gasteiger partial charge in [0.15, 0.2) is 5.82 Å². The first-order chi connectivity index (χ1) is 8.09. The second kappa shape index (κ2) is 5.07. The van der Waals surface area contributed by atoms with Crippen LogP contribution in [-0.2, 0) is 6.54 Å². The Balaban J connectivity index is 2.46. The number of rotatable bonds is 3. The maximum Gasteiger partial charge on any atom is 0.165 e. The fraction of sp³-hybridized carbons (Fsp3) is 0.333. The smallest absolute Gasteiger partial charge is 0.165 e.